The van der Waals surface area contributed by atoms with Crippen LogP contribution >= 0.6 is 0 Å². The lowest BCUT2D eigenvalue weighted by Crippen LogP contribution is -2.42. The number of nitrogens with one attached hydrogen (secondary N) is 1. The lowest BCUT2D eigenvalue weighted by Gasteiger charge is -2.29. The van der Waals surface area contributed by atoms with E-state index in [9.17, 15) is 14.7 Å². The topological polar surface area (TPSA) is 66.4 Å². The molecule has 1 amide bonds. The van der Waals surface area contributed by atoms with E-state index >= 15 is 0 Å². The summed E-state index contributed by atoms with van der Waals surface area (Å²) in [7, 11) is 0. The van der Waals surface area contributed by atoms with Gasteiger partial charge >= 0.3 is 5.97 Å². The SMILES string of the molecule is CCC(CC)(CNC(=O)CC1CCCC(C)C1)C(=O)O. The minimum absolute atomic E-state index is 0.0108. The Morgan fingerprint density at radius 3 is 2.40 bits per heavy atom. The lowest BCUT2D eigenvalue weighted by atomic mass is 9.80. The maximum atomic E-state index is 12.0. The second-order valence-corrected chi connectivity index (χ2v) is 6.41. The van der Waals surface area contributed by atoms with Crippen molar-refractivity contribution >= 4 is 11.9 Å². The summed E-state index contributed by atoms with van der Waals surface area (Å²) in [6.45, 7) is 6.23. The predicted octanol–water partition coefficient (Wildman–Crippen LogP) is 3.21. The Balaban J connectivity index is 2.43. The molecule has 20 heavy (non-hydrogen) atoms. The second kappa shape index (κ2) is 7.65. The molecule has 0 aliphatic heterocycles. The molecule has 2 atom stereocenters. The molecule has 0 radical (unpaired) electrons. The first-order valence-electron chi connectivity index (χ1n) is 7.93. The third-order valence-corrected chi connectivity index (χ3v) is 4.95. The molecule has 4 heteroatoms. The number of hydrogen-bond acceptors (Lipinski definition) is 2. The van der Waals surface area contributed by atoms with Crippen molar-refractivity contribution in [3.05, 3.63) is 0 Å². The maximum absolute atomic E-state index is 12.0. The third kappa shape index (κ3) is 4.50. The number of carbonyl (C=O) groups is 2. The Hall–Kier alpha value is -1.06. The van der Waals surface area contributed by atoms with Crippen LogP contribution in [0.15, 0.2) is 0 Å². The van der Waals surface area contributed by atoms with E-state index in [-0.39, 0.29) is 12.5 Å². The molecule has 4 nitrogen and oxygen atoms in total. The first-order chi connectivity index (χ1) is 9.43. The fraction of sp³-hybridized carbons (Fsp3) is 0.875. The molecular formula is C16H29NO3. The first-order valence-corrected chi connectivity index (χ1v) is 7.93. The normalized spacial score (nSPS) is 23.4. The molecule has 1 fully saturated rings. The molecule has 0 saturated heterocycles. The fourth-order valence-corrected chi connectivity index (χ4v) is 3.23. The zero-order valence-corrected chi connectivity index (χ0v) is 13.1. The van der Waals surface area contributed by atoms with Crippen molar-refractivity contribution in [1.29, 1.82) is 0 Å². The standard InChI is InChI=1S/C16H29NO3/c1-4-16(5-2,15(19)20)11-17-14(18)10-13-8-6-7-12(3)9-13/h12-13H,4-11H2,1-3H3,(H,17,18)(H,19,20). The highest BCUT2D eigenvalue weighted by Gasteiger charge is 2.35. The van der Waals surface area contributed by atoms with Crippen molar-refractivity contribution in [2.75, 3.05) is 6.54 Å². The average Bonchev–Trinajstić information content (AvgIpc) is 2.40. The summed E-state index contributed by atoms with van der Waals surface area (Å²) in [5.74, 6) is 0.387. The van der Waals surface area contributed by atoms with Crippen LogP contribution in [-0.4, -0.2) is 23.5 Å². The highest BCUT2D eigenvalue weighted by molar-refractivity contribution is 5.79. The van der Waals surface area contributed by atoms with Gasteiger partial charge in [0.05, 0.1) is 5.41 Å². The summed E-state index contributed by atoms with van der Waals surface area (Å²) < 4.78 is 0. The number of amides is 1. The van der Waals surface area contributed by atoms with Crippen LogP contribution in [0.2, 0.25) is 0 Å². The van der Waals surface area contributed by atoms with Crippen molar-refractivity contribution in [1.82, 2.24) is 5.32 Å². The van der Waals surface area contributed by atoms with Crippen LogP contribution in [0, 0.1) is 17.3 Å². The summed E-state index contributed by atoms with van der Waals surface area (Å²) in [4.78, 5) is 23.4. The van der Waals surface area contributed by atoms with Gasteiger partial charge in [-0.25, -0.2) is 0 Å². The fourth-order valence-electron chi connectivity index (χ4n) is 3.23. The van der Waals surface area contributed by atoms with Gasteiger partial charge in [-0.3, -0.25) is 9.59 Å². The molecule has 1 saturated carbocycles. The molecule has 1 aliphatic carbocycles. The van der Waals surface area contributed by atoms with Crippen molar-refractivity contribution in [2.24, 2.45) is 17.3 Å². The molecule has 0 heterocycles. The minimum Gasteiger partial charge on any atom is -0.481 e. The number of hydrogen-bond donors (Lipinski definition) is 2. The highest BCUT2D eigenvalue weighted by atomic mass is 16.4. The van der Waals surface area contributed by atoms with Crippen LogP contribution < -0.4 is 5.32 Å². The zero-order chi connectivity index (χ0) is 15.2. The van der Waals surface area contributed by atoms with Crippen molar-refractivity contribution < 1.29 is 14.7 Å². The maximum Gasteiger partial charge on any atom is 0.311 e. The Kier molecular flexibility index (Phi) is 6.50. The van der Waals surface area contributed by atoms with E-state index in [0.717, 1.165) is 12.8 Å². The minimum atomic E-state index is -0.811. The van der Waals surface area contributed by atoms with Gasteiger partial charge in [0.25, 0.3) is 0 Å². The molecule has 0 bridgehead atoms. The molecule has 0 spiro atoms. The van der Waals surface area contributed by atoms with Crippen molar-refractivity contribution in [3.8, 4) is 0 Å². The largest absolute Gasteiger partial charge is 0.481 e. The number of aliphatic carboxylic acids is 1. The number of carboxylic acid groups (broad SMARTS) is 1. The first kappa shape index (κ1) is 17.0. The van der Waals surface area contributed by atoms with Gasteiger partial charge < -0.3 is 10.4 Å². The average molecular weight is 283 g/mol. The summed E-state index contributed by atoms with van der Waals surface area (Å²) in [5, 5.41) is 12.2. The van der Waals surface area contributed by atoms with Crippen molar-refractivity contribution in [2.45, 2.75) is 65.7 Å². The van der Waals surface area contributed by atoms with E-state index in [1.165, 1.54) is 12.8 Å². The molecule has 1 rings (SSSR count). The van der Waals surface area contributed by atoms with Gasteiger partial charge in [0.1, 0.15) is 0 Å². The number of carboxylic acids is 1. The Bertz CT molecular complexity index is 337. The van der Waals surface area contributed by atoms with Crippen LogP contribution in [0.1, 0.15) is 65.7 Å². The Morgan fingerprint density at radius 1 is 1.25 bits per heavy atom. The van der Waals surface area contributed by atoms with Gasteiger partial charge in [-0.15, -0.1) is 0 Å². The van der Waals surface area contributed by atoms with Gasteiger partial charge in [-0.2, -0.15) is 0 Å². The molecular weight excluding hydrogens is 254 g/mol. The summed E-state index contributed by atoms with van der Waals surface area (Å²) in [6, 6.07) is 0. The summed E-state index contributed by atoms with van der Waals surface area (Å²) >= 11 is 0. The lowest BCUT2D eigenvalue weighted by molar-refractivity contribution is -0.149. The number of rotatable bonds is 7. The van der Waals surface area contributed by atoms with Gasteiger partial charge in [0.15, 0.2) is 0 Å². The van der Waals surface area contributed by atoms with Crippen LogP contribution in [0.4, 0.5) is 0 Å². The molecule has 2 N–H and O–H groups in total. The van der Waals surface area contributed by atoms with Gasteiger partial charge in [0, 0.05) is 13.0 Å². The highest BCUT2D eigenvalue weighted by Crippen LogP contribution is 2.31. The Morgan fingerprint density at radius 2 is 1.90 bits per heavy atom. The Labute approximate surface area is 122 Å². The molecule has 0 aromatic heterocycles. The predicted molar refractivity (Wildman–Crippen MR) is 79.4 cm³/mol. The quantitative estimate of drug-likeness (QED) is 0.754. The second-order valence-electron chi connectivity index (χ2n) is 6.41. The van der Waals surface area contributed by atoms with E-state index in [1.54, 1.807) is 0 Å². The monoisotopic (exact) mass is 283 g/mol. The molecule has 0 aromatic rings. The van der Waals surface area contributed by atoms with E-state index < -0.39 is 11.4 Å². The molecule has 116 valence electrons. The third-order valence-electron chi connectivity index (χ3n) is 4.95. The van der Waals surface area contributed by atoms with Gasteiger partial charge in [-0.1, -0.05) is 33.6 Å². The number of carbonyl (C=O) groups excluding carboxylic acids is 1. The van der Waals surface area contributed by atoms with Gasteiger partial charge in [0.2, 0.25) is 5.91 Å². The van der Waals surface area contributed by atoms with Crippen LogP contribution in [0.5, 0.6) is 0 Å². The van der Waals surface area contributed by atoms with E-state index in [0.29, 0.717) is 31.1 Å². The van der Waals surface area contributed by atoms with Crippen LogP contribution in [-0.2, 0) is 9.59 Å². The van der Waals surface area contributed by atoms with Crippen LogP contribution in [0.3, 0.4) is 0 Å². The summed E-state index contributed by atoms with van der Waals surface area (Å²) in [6.07, 6.45) is 6.36. The molecule has 2 unspecified atom stereocenters. The van der Waals surface area contributed by atoms with E-state index in [4.69, 9.17) is 0 Å². The summed E-state index contributed by atoms with van der Waals surface area (Å²) in [5.41, 5.74) is -0.810. The molecule has 0 aromatic carbocycles. The van der Waals surface area contributed by atoms with Gasteiger partial charge in [-0.05, 0) is 37.5 Å². The smallest absolute Gasteiger partial charge is 0.311 e. The van der Waals surface area contributed by atoms with Crippen molar-refractivity contribution in [3.63, 3.8) is 0 Å². The zero-order valence-electron chi connectivity index (χ0n) is 13.1. The van der Waals surface area contributed by atoms with E-state index in [1.807, 2.05) is 13.8 Å². The van der Waals surface area contributed by atoms with Crippen LogP contribution in [0.25, 0.3) is 0 Å². The molecule has 1 aliphatic rings. The van der Waals surface area contributed by atoms with E-state index in [2.05, 4.69) is 12.2 Å².